The van der Waals surface area contributed by atoms with Crippen molar-refractivity contribution in [2.75, 3.05) is 45.3 Å². The van der Waals surface area contributed by atoms with Crippen molar-refractivity contribution in [3.05, 3.63) is 84.9 Å². The van der Waals surface area contributed by atoms with Gasteiger partial charge in [0.1, 0.15) is 29.7 Å². The van der Waals surface area contributed by atoms with E-state index in [1.165, 1.54) is 23.6 Å². The molecule has 0 aliphatic heterocycles. The number of hydrogen-bond donors (Lipinski definition) is 0. The van der Waals surface area contributed by atoms with Gasteiger partial charge in [0.15, 0.2) is 0 Å². The zero-order valence-corrected chi connectivity index (χ0v) is 32.7. The molecule has 3 aromatic carbocycles. The molecule has 15 heteroatoms. The van der Waals surface area contributed by atoms with Crippen LogP contribution in [0.1, 0.15) is 56.9 Å². The maximum absolute atomic E-state index is 13.4. The fraction of sp³-hybridized carbons (Fsp3) is 0.381. The topological polar surface area (TPSA) is 161 Å². The molecule has 0 unspecified atom stereocenters. The molecule has 0 amide bonds. The fourth-order valence-electron chi connectivity index (χ4n) is 5.92. The van der Waals surface area contributed by atoms with Crippen LogP contribution in [0.2, 0.25) is 0 Å². The first-order valence-electron chi connectivity index (χ1n) is 18.8. The first kappa shape index (κ1) is 42.5. The van der Waals surface area contributed by atoms with Crippen molar-refractivity contribution in [2.45, 2.75) is 51.4 Å². The zero-order valence-electron chi connectivity index (χ0n) is 31.9. The van der Waals surface area contributed by atoms with Crippen LogP contribution in [-0.2, 0) is 33.4 Å². The van der Waals surface area contributed by atoms with E-state index >= 15 is 0 Å². The van der Waals surface area contributed by atoms with Gasteiger partial charge in [-0.15, -0.1) is 0 Å². The Morgan fingerprint density at radius 2 is 1.53 bits per heavy atom. The van der Waals surface area contributed by atoms with Gasteiger partial charge in [0, 0.05) is 18.7 Å². The Labute approximate surface area is 335 Å². The molecule has 0 spiro atoms. The average Bonchev–Trinajstić information content (AvgIpc) is 3.67. The molecule has 0 N–H and O–H groups in total. The smallest absolute Gasteiger partial charge is 0.330 e. The van der Waals surface area contributed by atoms with Gasteiger partial charge in [-0.25, -0.2) is 14.8 Å². The molecule has 1 aromatic heterocycles. The van der Waals surface area contributed by atoms with Crippen molar-refractivity contribution in [1.29, 1.82) is 0 Å². The number of methoxy groups -OCH3 is 1. The predicted molar refractivity (Wildman–Crippen MR) is 214 cm³/mol. The number of carbonyl (C=O) groups excluding carboxylic acids is 4. The summed E-state index contributed by atoms with van der Waals surface area (Å²) in [6.45, 7) is 5.43. The number of esters is 3. The first-order chi connectivity index (χ1) is 27.9. The molecule has 1 aliphatic rings. The number of aromatic nitrogens is 1. The molecule has 302 valence electrons. The third kappa shape index (κ3) is 13.5. The van der Waals surface area contributed by atoms with Gasteiger partial charge in [-0.3, -0.25) is 14.4 Å². The van der Waals surface area contributed by atoms with Crippen LogP contribution in [0.4, 0.5) is 5.13 Å². The van der Waals surface area contributed by atoms with E-state index in [-0.39, 0.29) is 30.1 Å². The Bertz CT molecular complexity index is 1930. The number of para-hydroxylation sites is 1. The van der Waals surface area contributed by atoms with Crippen LogP contribution in [-0.4, -0.2) is 75.8 Å². The highest BCUT2D eigenvalue weighted by atomic mass is 32.1. The molecule has 0 saturated heterocycles. The summed E-state index contributed by atoms with van der Waals surface area (Å²) >= 11 is 1.44. The molecule has 0 bridgehead atoms. The molecule has 1 saturated carbocycles. The van der Waals surface area contributed by atoms with Gasteiger partial charge < -0.3 is 33.2 Å². The Hall–Kier alpha value is -5.64. The molecule has 1 heterocycles. The minimum atomic E-state index is -0.434. The number of nitrogens with zero attached hydrogens (tertiary/aromatic N) is 3. The Kier molecular flexibility index (Phi) is 17.0. The quantitative estimate of drug-likeness (QED) is 0.0108. The summed E-state index contributed by atoms with van der Waals surface area (Å²) in [4.78, 5) is 53.3. The van der Waals surface area contributed by atoms with E-state index in [1.54, 1.807) is 48.5 Å². The van der Waals surface area contributed by atoms with Crippen LogP contribution in [0.3, 0.4) is 0 Å². The molecule has 1 aliphatic carbocycles. The normalized spacial score (nSPS) is 15.2. The van der Waals surface area contributed by atoms with E-state index in [0.717, 1.165) is 42.0 Å². The van der Waals surface area contributed by atoms with Crippen molar-refractivity contribution in [2.24, 2.45) is 16.9 Å². The number of hydrazone groups is 1. The van der Waals surface area contributed by atoms with Gasteiger partial charge in [-0.1, -0.05) is 30.0 Å². The van der Waals surface area contributed by atoms with Crippen LogP contribution >= 0.6 is 11.3 Å². The molecule has 14 nitrogen and oxygen atoms in total. The molecule has 5 rings (SSSR count). The van der Waals surface area contributed by atoms with Crippen molar-refractivity contribution in [1.82, 2.24) is 4.98 Å². The minimum absolute atomic E-state index is 0.0754. The van der Waals surface area contributed by atoms with Gasteiger partial charge >= 0.3 is 17.9 Å². The zero-order chi connectivity index (χ0) is 40.2. The Balaban J connectivity index is 1.11. The number of benzene rings is 3. The Morgan fingerprint density at radius 1 is 0.842 bits per heavy atom. The molecule has 4 aromatic rings. The SMILES string of the molecule is C=CC(=O)OCCCCCCOc1ccc(OC(=O)[C@H]2CC[C@H](C(=O)Oc3ccc(OC=O)cc3/C=N/N(COCCOC)c3nc4ccccc4s3)CC2)cc1. The van der Waals surface area contributed by atoms with Crippen LogP contribution in [0, 0.1) is 11.8 Å². The highest BCUT2D eigenvalue weighted by Gasteiger charge is 2.32. The number of ether oxygens (including phenoxy) is 7. The fourth-order valence-corrected chi connectivity index (χ4v) is 6.83. The second kappa shape index (κ2) is 22.8. The summed E-state index contributed by atoms with van der Waals surface area (Å²) in [6.07, 6.45) is 8.00. The molecular formula is C42H47N3O11S. The molecular weight excluding hydrogens is 755 g/mol. The van der Waals surface area contributed by atoms with E-state index in [2.05, 4.69) is 16.7 Å². The molecule has 0 radical (unpaired) electrons. The Morgan fingerprint density at radius 3 is 2.23 bits per heavy atom. The molecule has 57 heavy (non-hydrogen) atoms. The summed E-state index contributed by atoms with van der Waals surface area (Å²) in [5, 5.41) is 6.80. The standard InChI is InChI=1S/C42H47N3O11S/c1-3-39(47)53-23-9-5-4-8-22-52-33-16-18-34(19-17-33)55-40(48)30-12-14-31(15-13-30)41(49)56-37-21-20-35(54-29-46)26-32(37)27-43-45(28-51-25-24-50-2)42-44-36-10-6-7-11-38(36)57-42/h3,6-7,10-11,16-21,26-27,29-31H,1,4-5,8-9,12-15,22-25,28H2,2H3/b43-27+/t30-,31-. The molecule has 0 atom stereocenters. The van der Waals surface area contributed by atoms with E-state index in [4.69, 9.17) is 33.2 Å². The lowest BCUT2D eigenvalue weighted by Crippen LogP contribution is -2.30. The van der Waals surface area contributed by atoms with Crippen molar-refractivity contribution >= 4 is 57.3 Å². The van der Waals surface area contributed by atoms with Gasteiger partial charge in [0.05, 0.1) is 54.7 Å². The van der Waals surface area contributed by atoms with Crippen LogP contribution in [0.25, 0.3) is 10.2 Å². The number of carbonyl (C=O) groups is 4. The van der Waals surface area contributed by atoms with Crippen LogP contribution < -0.4 is 24.0 Å². The number of unbranched alkanes of at least 4 members (excludes halogenated alkanes) is 3. The van der Waals surface area contributed by atoms with Gasteiger partial charge in [0.2, 0.25) is 5.13 Å². The monoisotopic (exact) mass is 801 g/mol. The summed E-state index contributed by atoms with van der Waals surface area (Å²) in [6, 6.07) is 19.3. The third-order valence-electron chi connectivity index (χ3n) is 9.02. The number of hydrogen-bond acceptors (Lipinski definition) is 15. The van der Waals surface area contributed by atoms with Crippen molar-refractivity contribution in [3.8, 4) is 23.0 Å². The van der Waals surface area contributed by atoms with Gasteiger partial charge in [0.25, 0.3) is 6.47 Å². The third-order valence-corrected chi connectivity index (χ3v) is 10.1. The van der Waals surface area contributed by atoms with Crippen LogP contribution in [0.5, 0.6) is 23.0 Å². The minimum Gasteiger partial charge on any atom is -0.494 e. The summed E-state index contributed by atoms with van der Waals surface area (Å²) in [7, 11) is 1.59. The average molecular weight is 802 g/mol. The van der Waals surface area contributed by atoms with Crippen molar-refractivity contribution < 1.29 is 52.3 Å². The highest BCUT2D eigenvalue weighted by Crippen LogP contribution is 2.33. The van der Waals surface area contributed by atoms with Crippen LogP contribution in [0.15, 0.2) is 84.5 Å². The lowest BCUT2D eigenvalue weighted by Gasteiger charge is -2.26. The first-order valence-corrected chi connectivity index (χ1v) is 19.6. The number of anilines is 1. The van der Waals surface area contributed by atoms with Gasteiger partial charge in [-0.2, -0.15) is 5.10 Å². The lowest BCUT2D eigenvalue weighted by atomic mass is 9.82. The number of rotatable bonds is 23. The number of thiazole rings is 1. The largest absolute Gasteiger partial charge is 0.494 e. The number of fused-ring (bicyclic) bond motifs is 1. The maximum atomic E-state index is 13.4. The van der Waals surface area contributed by atoms with E-state index in [0.29, 0.717) is 80.8 Å². The lowest BCUT2D eigenvalue weighted by molar-refractivity contribution is -0.145. The molecule has 1 fully saturated rings. The van der Waals surface area contributed by atoms with E-state index < -0.39 is 17.9 Å². The predicted octanol–water partition coefficient (Wildman–Crippen LogP) is 7.28. The maximum Gasteiger partial charge on any atom is 0.330 e. The van der Waals surface area contributed by atoms with E-state index in [1.807, 2.05) is 24.3 Å². The van der Waals surface area contributed by atoms with Gasteiger partial charge in [-0.05, 0) is 106 Å². The highest BCUT2D eigenvalue weighted by molar-refractivity contribution is 7.22. The second-order valence-corrected chi connectivity index (χ2v) is 14.1. The van der Waals surface area contributed by atoms with E-state index in [9.17, 15) is 19.2 Å². The summed E-state index contributed by atoms with van der Waals surface area (Å²) < 4.78 is 39.2. The second-order valence-electron chi connectivity index (χ2n) is 13.0. The summed E-state index contributed by atoms with van der Waals surface area (Å²) in [5.74, 6) is -0.409. The van der Waals surface area contributed by atoms with Crippen molar-refractivity contribution in [3.63, 3.8) is 0 Å². The summed E-state index contributed by atoms with van der Waals surface area (Å²) in [5.41, 5.74) is 1.20.